The predicted octanol–water partition coefficient (Wildman–Crippen LogP) is 3.67. The molecular formula is C20H24N4O. The van der Waals surface area contributed by atoms with E-state index < -0.39 is 0 Å². The zero-order valence-corrected chi connectivity index (χ0v) is 15.1. The number of rotatable bonds is 5. The van der Waals surface area contributed by atoms with Crippen LogP contribution in [0.5, 0.6) is 0 Å². The highest BCUT2D eigenvalue weighted by molar-refractivity contribution is 5.80. The molecule has 2 N–H and O–H groups in total. The third kappa shape index (κ3) is 3.71. The van der Waals surface area contributed by atoms with Gasteiger partial charge in [0.15, 0.2) is 0 Å². The first-order valence-corrected chi connectivity index (χ1v) is 8.55. The van der Waals surface area contributed by atoms with Gasteiger partial charge in [-0.25, -0.2) is 4.98 Å². The zero-order chi connectivity index (χ0) is 18.0. The van der Waals surface area contributed by atoms with E-state index in [0.29, 0.717) is 6.54 Å². The maximum absolute atomic E-state index is 11.9. The Balaban J connectivity index is 1.86. The Morgan fingerprint density at radius 1 is 1.20 bits per heavy atom. The second kappa shape index (κ2) is 6.67. The molecule has 3 aromatic rings. The molecule has 5 heteroatoms. The SMILES string of the molecule is CC(C)C(=O)NCC(C)(C)c1ccc2nc(-c3ccncc3)[nH]c2c1. The Labute approximate surface area is 147 Å². The number of aromatic nitrogens is 3. The minimum absolute atomic E-state index is 0.00573. The smallest absolute Gasteiger partial charge is 0.222 e. The minimum atomic E-state index is -0.166. The van der Waals surface area contributed by atoms with E-state index in [1.54, 1.807) is 12.4 Å². The van der Waals surface area contributed by atoms with Crippen LogP contribution < -0.4 is 5.32 Å². The van der Waals surface area contributed by atoms with Gasteiger partial charge in [-0.2, -0.15) is 0 Å². The summed E-state index contributed by atoms with van der Waals surface area (Å²) in [6.07, 6.45) is 3.52. The van der Waals surface area contributed by atoms with Crippen molar-refractivity contribution in [2.45, 2.75) is 33.1 Å². The Morgan fingerprint density at radius 2 is 1.92 bits per heavy atom. The number of aromatic amines is 1. The van der Waals surface area contributed by atoms with Gasteiger partial charge in [0.2, 0.25) is 5.91 Å². The first-order chi connectivity index (χ1) is 11.9. The second-order valence-electron chi connectivity index (χ2n) is 7.31. The van der Waals surface area contributed by atoms with Crippen LogP contribution in [0.15, 0.2) is 42.7 Å². The lowest BCUT2D eigenvalue weighted by atomic mass is 9.84. The molecule has 0 saturated carbocycles. The maximum atomic E-state index is 11.9. The molecule has 0 aliphatic rings. The number of hydrogen-bond donors (Lipinski definition) is 2. The number of nitrogens with zero attached hydrogens (tertiary/aromatic N) is 2. The normalized spacial score (nSPS) is 11.9. The van der Waals surface area contributed by atoms with Crippen LogP contribution in [0.1, 0.15) is 33.3 Å². The molecule has 130 valence electrons. The number of pyridine rings is 1. The molecule has 25 heavy (non-hydrogen) atoms. The van der Waals surface area contributed by atoms with Crippen LogP contribution >= 0.6 is 0 Å². The van der Waals surface area contributed by atoms with Crippen LogP contribution in [0.4, 0.5) is 0 Å². The van der Waals surface area contributed by atoms with Crippen LogP contribution in [0, 0.1) is 5.92 Å². The van der Waals surface area contributed by atoms with Crippen molar-refractivity contribution in [2.75, 3.05) is 6.54 Å². The standard InChI is InChI=1S/C20H24N4O/c1-13(2)19(25)22-12-20(3,4)15-5-6-16-17(11-15)24-18(23-16)14-7-9-21-10-8-14/h5-11,13H,12H2,1-4H3,(H,22,25)(H,23,24). The molecule has 1 aromatic carbocycles. The van der Waals surface area contributed by atoms with Crippen molar-refractivity contribution in [3.63, 3.8) is 0 Å². The van der Waals surface area contributed by atoms with E-state index in [4.69, 9.17) is 0 Å². The van der Waals surface area contributed by atoms with E-state index in [9.17, 15) is 4.79 Å². The average molecular weight is 336 g/mol. The number of hydrogen-bond acceptors (Lipinski definition) is 3. The van der Waals surface area contributed by atoms with Gasteiger partial charge in [-0.1, -0.05) is 33.8 Å². The van der Waals surface area contributed by atoms with Crippen molar-refractivity contribution in [3.8, 4) is 11.4 Å². The first-order valence-electron chi connectivity index (χ1n) is 8.55. The molecule has 2 aromatic heterocycles. The number of nitrogens with one attached hydrogen (secondary N) is 2. The van der Waals surface area contributed by atoms with Gasteiger partial charge in [-0.3, -0.25) is 9.78 Å². The first kappa shape index (κ1) is 17.1. The highest BCUT2D eigenvalue weighted by Crippen LogP contribution is 2.27. The number of H-pyrrole nitrogens is 1. The molecule has 0 spiro atoms. The number of fused-ring (bicyclic) bond motifs is 1. The largest absolute Gasteiger partial charge is 0.355 e. The summed E-state index contributed by atoms with van der Waals surface area (Å²) in [5.41, 5.74) is 3.93. The van der Waals surface area contributed by atoms with Gasteiger partial charge in [0.1, 0.15) is 5.82 Å². The second-order valence-corrected chi connectivity index (χ2v) is 7.31. The number of benzene rings is 1. The van der Waals surface area contributed by atoms with Crippen LogP contribution in [0.25, 0.3) is 22.4 Å². The summed E-state index contributed by atoms with van der Waals surface area (Å²) >= 11 is 0. The van der Waals surface area contributed by atoms with E-state index in [1.807, 2.05) is 32.0 Å². The Bertz CT molecular complexity index is 881. The van der Waals surface area contributed by atoms with Crippen molar-refractivity contribution in [1.29, 1.82) is 0 Å². The molecule has 0 radical (unpaired) electrons. The average Bonchev–Trinajstić information content (AvgIpc) is 3.03. The lowest BCUT2D eigenvalue weighted by Crippen LogP contribution is -2.38. The molecule has 0 bridgehead atoms. The van der Waals surface area contributed by atoms with E-state index in [0.717, 1.165) is 28.0 Å². The fourth-order valence-corrected chi connectivity index (χ4v) is 2.69. The fraction of sp³-hybridized carbons (Fsp3) is 0.350. The molecule has 3 rings (SSSR count). The summed E-state index contributed by atoms with van der Waals surface area (Å²) in [6, 6.07) is 10.1. The van der Waals surface area contributed by atoms with Crippen molar-refractivity contribution in [2.24, 2.45) is 5.92 Å². The van der Waals surface area contributed by atoms with Crippen LogP contribution in [-0.4, -0.2) is 27.4 Å². The zero-order valence-electron chi connectivity index (χ0n) is 15.1. The molecule has 0 saturated heterocycles. The lowest BCUT2D eigenvalue weighted by Gasteiger charge is -2.26. The quantitative estimate of drug-likeness (QED) is 0.747. The van der Waals surface area contributed by atoms with Crippen molar-refractivity contribution in [1.82, 2.24) is 20.3 Å². The van der Waals surface area contributed by atoms with E-state index in [2.05, 4.69) is 46.2 Å². The topological polar surface area (TPSA) is 70.7 Å². The van der Waals surface area contributed by atoms with E-state index in [1.165, 1.54) is 0 Å². The lowest BCUT2D eigenvalue weighted by molar-refractivity contribution is -0.124. The summed E-state index contributed by atoms with van der Waals surface area (Å²) in [5, 5.41) is 3.03. The van der Waals surface area contributed by atoms with Crippen LogP contribution in [0.2, 0.25) is 0 Å². The third-order valence-corrected chi connectivity index (χ3v) is 4.45. The molecule has 0 unspecified atom stereocenters. The van der Waals surface area contributed by atoms with Crippen molar-refractivity contribution in [3.05, 3.63) is 48.3 Å². The number of carbonyl (C=O) groups is 1. The molecular weight excluding hydrogens is 312 g/mol. The van der Waals surface area contributed by atoms with Crippen LogP contribution in [0.3, 0.4) is 0 Å². The minimum Gasteiger partial charge on any atom is -0.355 e. The monoisotopic (exact) mass is 336 g/mol. The summed E-state index contributed by atoms with van der Waals surface area (Å²) in [7, 11) is 0. The van der Waals surface area contributed by atoms with Gasteiger partial charge in [0, 0.05) is 35.8 Å². The Hall–Kier alpha value is -2.69. The highest BCUT2D eigenvalue weighted by Gasteiger charge is 2.23. The molecule has 1 amide bonds. The summed E-state index contributed by atoms with van der Waals surface area (Å²) in [4.78, 5) is 23.9. The van der Waals surface area contributed by atoms with Gasteiger partial charge in [-0.05, 0) is 29.8 Å². The number of amides is 1. The Kier molecular flexibility index (Phi) is 4.57. The molecule has 5 nitrogen and oxygen atoms in total. The molecule has 0 aliphatic heterocycles. The molecule has 0 fully saturated rings. The number of imidazole rings is 1. The van der Waals surface area contributed by atoms with Crippen molar-refractivity contribution >= 4 is 16.9 Å². The van der Waals surface area contributed by atoms with Gasteiger partial charge < -0.3 is 10.3 Å². The number of carbonyl (C=O) groups excluding carboxylic acids is 1. The van der Waals surface area contributed by atoms with Gasteiger partial charge in [0.05, 0.1) is 11.0 Å². The predicted molar refractivity (Wildman–Crippen MR) is 100 cm³/mol. The van der Waals surface area contributed by atoms with E-state index in [-0.39, 0.29) is 17.2 Å². The summed E-state index contributed by atoms with van der Waals surface area (Å²) in [6.45, 7) is 8.67. The molecule has 0 atom stereocenters. The van der Waals surface area contributed by atoms with Gasteiger partial charge in [0.25, 0.3) is 0 Å². The fourth-order valence-electron chi connectivity index (χ4n) is 2.69. The summed E-state index contributed by atoms with van der Waals surface area (Å²) in [5.74, 6) is 0.907. The Morgan fingerprint density at radius 3 is 2.60 bits per heavy atom. The highest BCUT2D eigenvalue weighted by atomic mass is 16.1. The molecule has 0 aliphatic carbocycles. The summed E-state index contributed by atoms with van der Waals surface area (Å²) < 4.78 is 0. The van der Waals surface area contributed by atoms with Crippen LogP contribution in [-0.2, 0) is 10.2 Å². The van der Waals surface area contributed by atoms with Gasteiger partial charge >= 0.3 is 0 Å². The third-order valence-electron chi connectivity index (χ3n) is 4.45. The van der Waals surface area contributed by atoms with Gasteiger partial charge in [-0.15, -0.1) is 0 Å². The molecule has 2 heterocycles. The van der Waals surface area contributed by atoms with E-state index >= 15 is 0 Å². The van der Waals surface area contributed by atoms with Crippen molar-refractivity contribution < 1.29 is 4.79 Å². The maximum Gasteiger partial charge on any atom is 0.222 e.